The van der Waals surface area contributed by atoms with Gasteiger partial charge in [0.1, 0.15) is 5.69 Å². The average molecular weight is 369 g/mol. The summed E-state index contributed by atoms with van der Waals surface area (Å²) in [5.74, 6) is 0.566. The van der Waals surface area contributed by atoms with Crippen molar-refractivity contribution in [1.29, 1.82) is 0 Å². The number of aromatic nitrogens is 4. The Morgan fingerprint density at radius 2 is 1.91 bits per heavy atom. The number of alkyl halides is 3. The first-order chi connectivity index (χ1) is 10.4. The second kappa shape index (κ2) is 5.53. The Morgan fingerprint density at radius 3 is 2.64 bits per heavy atom. The van der Waals surface area contributed by atoms with Gasteiger partial charge in [0, 0.05) is 16.2 Å². The molecule has 2 heterocycles. The normalized spacial score (nSPS) is 11.6. The van der Waals surface area contributed by atoms with Crippen molar-refractivity contribution in [2.24, 2.45) is 0 Å². The molecular formula is C14H8BrF3N4. The Balaban J connectivity index is 1.98. The molecule has 0 saturated carbocycles. The van der Waals surface area contributed by atoms with Crippen LogP contribution in [0.25, 0.3) is 22.9 Å². The van der Waals surface area contributed by atoms with E-state index >= 15 is 0 Å². The number of hydrogen-bond acceptors (Lipinski definition) is 3. The number of aromatic amines is 1. The molecule has 0 fully saturated rings. The molecule has 2 aromatic heterocycles. The number of nitrogens with one attached hydrogen (secondary N) is 1. The summed E-state index contributed by atoms with van der Waals surface area (Å²) in [6.45, 7) is 0. The third kappa shape index (κ3) is 3.01. The summed E-state index contributed by atoms with van der Waals surface area (Å²) >= 11 is 3.34. The molecule has 0 atom stereocenters. The Labute approximate surface area is 131 Å². The molecule has 0 aliphatic carbocycles. The van der Waals surface area contributed by atoms with Crippen LogP contribution in [0, 0.1) is 0 Å². The van der Waals surface area contributed by atoms with E-state index in [9.17, 15) is 13.2 Å². The van der Waals surface area contributed by atoms with Gasteiger partial charge in [-0.15, -0.1) is 0 Å². The minimum Gasteiger partial charge on any atom is -0.259 e. The molecule has 0 unspecified atom stereocenters. The molecule has 3 aromatic rings. The van der Waals surface area contributed by atoms with Crippen molar-refractivity contribution in [2.75, 3.05) is 0 Å². The van der Waals surface area contributed by atoms with E-state index in [1.54, 1.807) is 0 Å². The van der Waals surface area contributed by atoms with Gasteiger partial charge in [0.15, 0.2) is 11.6 Å². The molecule has 0 bridgehead atoms. The first-order valence-electron chi connectivity index (χ1n) is 6.15. The van der Waals surface area contributed by atoms with Crippen molar-refractivity contribution in [3.8, 4) is 22.9 Å². The highest BCUT2D eigenvalue weighted by molar-refractivity contribution is 9.10. The lowest BCUT2D eigenvalue weighted by Gasteiger charge is -2.06. The standard InChI is InChI=1S/C14H8BrF3N4/c15-10-3-1-2-8(6-10)12-20-13(22-21-12)11-7-9(4-5-19-11)14(16,17)18/h1-7H,(H,20,21,22). The number of benzene rings is 1. The summed E-state index contributed by atoms with van der Waals surface area (Å²) in [5.41, 5.74) is 0.0405. The van der Waals surface area contributed by atoms with Gasteiger partial charge in [0.05, 0.1) is 5.56 Å². The van der Waals surface area contributed by atoms with Crippen molar-refractivity contribution >= 4 is 15.9 Å². The SMILES string of the molecule is FC(F)(F)c1ccnc(-c2n[nH]c(-c3cccc(Br)c3)n2)c1. The average Bonchev–Trinajstić information content (AvgIpc) is 2.96. The van der Waals surface area contributed by atoms with Crippen LogP contribution >= 0.6 is 15.9 Å². The maximum Gasteiger partial charge on any atom is 0.416 e. The van der Waals surface area contributed by atoms with Crippen LogP contribution in [-0.2, 0) is 6.18 Å². The van der Waals surface area contributed by atoms with Crippen LogP contribution in [0.5, 0.6) is 0 Å². The highest BCUT2D eigenvalue weighted by atomic mass is 79.9. The monoisotopic (exact) mass is 368 g/mol. The summed E-state index contributed by atoms with van der Waals surface area (Å²) in [7, 11) is 0. The van der Waals surface area contributed by atoms with Gasteiger partial charge in [-0.25, -0.2) is 4.98 Å². The largest absolute Gasteiger partial charge is 0.416 e. The fourth-order valence-corrected chi connectivity index (χ4v) is 2.27. The van der Waals surface area contributed by atoms with Crippen molar-refractivity contribution in [1.82, 2.24) is 20.2 Å². The summed E-state index contributed by atoms with van der Waals surface area (Å²) < 4.78 is 39.0. The van der Waals surface area contributed by atoms with Crippen LogP contribution in [0.1, 0.15) is 5.56 Å². The van der Waals surface area contributed by atoms with Crippen molar-refractivity contribution in [2.45, 2.75) is 6.18 Å². The summed E-state index contributed by atoms with van der Waals surface area (Å²) in [5, 5.41) is 6.64. The highest BCUT2D eigenvalue weighted by Gasteiger charge is 2.31. The molecule has 3 rings (SSSR count). The number of rotatable bonds is 2. The van der Waals surface area contributed by atoms with Gasteiger partial charge >= 0.3 is 6.18 Å². The van der Waals surface area contributed by atoms with E-state index in [-0.39, 0.29) is 11.5 Å². The molecule has 0 aliphatic heterocycles. The van der Waals surface area contributed by atoms with Crippen LogP contribution in [0.3, 0.4) is 0 Å². The lowest BCUT2D eigenvalue weighted by molar-refractivity contribution is -0.137. The molecule has 1 aromatic carbocycles. The van der Waals surface area contributed by atoms with E-state index in [0.717, 1.165) is 28.4 Å². The van der Waals surface area contributed by atoms with Gasteiger partial charge in [0.25, 0.3) is 0 Å². The van der Waals surface area contributed by atoms with Gasteiger partial charge in [-0.3, -0.25) is 10.1 Å². The van der Waals surface area contributed by atoms with Crippen LogP contribution in [0.15, 0.2) is 47.1 Å². The minimum absolute atomic E-state index is 0.0623. The molecule has 1 N–H and O–H groups in total. The molecule has 0 spiro atoms. The molecule has 0 saturated heterocycles. The summed E-state index contributed by atoms with van der Waals surface area (Å²) in [6, 6.07) is 9.15. The van der Waals surface area contributed by atoms with Crippen molar-refractivity contribution in [3.63, 3.8) is 0 Å². The third-order valence-electron chi connectivity index (χ3n) is 2.90. The van der Waals surface area contributed by atoms with Gasteiger partial charge in [-0.2, -0.15) is 18.3 Å². The molecular weight excluding hydrogens is 361 g/mol. The number of halogens is 4. The number of hydrogen-bond donors (Lipinski definition) is 1. The van der Waals surface area contributed by atoms with E-state index in [0.29, 0.717) is 5.82 Å². The van der Waals surface area contributed by atoms with Crippen molar-refractivity contribution in [3.05, 3.63) is 52.6 Å². The lowest BCUT2D eigenvalue weighted by atomic mass is 10.2. The van der Waals surface area contributed by atoms with Crippen LogP contribution < -0.4 is 0 Å². The molecule has 112 valence electrons. The van der Waals surface area contributed by atoms with Crippen LogP contribution in [-0.4, -0.2) is 20.2 Å². The topological polar surface area (TPSA) is 54.5 Å². The van der Waals surface area contributed by atoms with Gasteiger partial charge in [-0.1, -0.05) is 28.1 Å². The molecule has 0 amide bonds. The van der Waals surface area contributed by atoms with E-state index in [2.05, 4.69) is 36.1 Å². The van der Waals surface area contributed by atoms with Crippen LogP contribution in [0.2, 0.25) is 0 Å². The van der Waals surface area contributed by atoms with E-state index in [4.69, 9.17) is 0 Å². The Hall–Kier alpha value is -2.22. The molecule has 0 aliphatic rings. The molecule has 4 nitrogen and oxygen atoms in total. The fraction of sp³-hybridized carbons (Fsp3) is 0.0714. The number of pyridine rings is 1. The third-order valence-corrected chi connectivity index (χ3v) is 3.39. The highest BCUT2D eigenvalue weighted by Crippen LogP contribution is 2.30. The lowest BCUT2D eigenvalue weighted by Crippen LogP contribution is -2.05. The molecule has 8 heteroatoms. The van der Waals surface area contributed by atoms with E-state index in [1.165, 1.54) is 0 Å². The van der Waals surface area contributed by atoms with Crippen molar-refractivity contribution < 1.29 is 13.2 Å². The Kier molecular flexibility index (Phi) is 3.69. The second-order valence-corrected chi connectivity index (χ2v) is 5.36. The van der Waals surface area contributed by atoms with E-state index in [1.807, 2.05) is 24.3 Å². The Bertz CT molecular complexity index is 814. The maximum atomic E-state index is 12.7. The quantitative estimate of drug-likeness (QED) is 0.732. The maximum absolute atomic E-state index is 12.7. The predicted octanol–water partition coefficient (Wildman–Crippen LogP) is 4.32. The predicted molar refractivity (Wildman–Crippen MR) is 77.8 cm³/mol. The van der Waals surface area contributed by atoms with Crippen LogP contribution in [0.4, 0.5) is 13.2 Å². The first-order valence-corrected chi connectivity index (χ1v) is 6.95. The second-order valence-electron chi connectivity index (χ2n) is 4.45. The zero-order valence-corrected chi connectivity index (χ0v) is 12.5. The first kappa shape index (κ1) is 14.7. The van der Waals surface area contributed by atoms with Gasteiger partial charge in [-0.05, 0) is 24.3 Å². The molecule has 22 heavy (non-hydrogen) atoms. The summed E-state index contributed by atoms with van der Waals surface area (Å²) in [6.07, 6.45) is -3.34. The smallest absolute Gasteiger partial charge is 0.259 e. The van der Waals surface area contributed by atoms with Gasteiger partial charge < -0.3 is 0 Å². The summed E-state index contributed by atoms with van der Waals surface area (Å²) in [4.78, 5) is 8.09. The Morgan fingerprint density at radius 1 is 1.09 bits per heavy atom. The molecule has 0 radical (unpaired) electrons. The zero-order chi connectivity index (χ0) is 15.7. The van der Waals surface area contributed by atoms with E-state index < -0.39 is 11.7 Å². The minimum atomic E-state index is -4.43. The number of nitrogens with zero attached hydrogens (tertiary/aromatic N) is 3. The fourth-order valence-electron chi connectivity index (χ4n) is 1.87. The van der Waals surface area contributed by atoms with Gasteiger partial charge in [0.2, 0.25) is 0 Å². The zero-order valence-electron chi connectivity index (χ0n) is 10.9. The number of H-pyrrole nitrogens is 1.